The number of carbonyl (C=O) groups excluding carboxylic acids is 1. The number of carbonyl (C=O) groups is 2. The van der Waals surface area contributed by atoms with Gasteiger partial charge in [0.05, 0.1) is 12.0 Å². The van der Waals surface area contributed by atoms with E-state index < -0.39 is 18.0 Å². The molecule has 0 radical (unpaired) electrons. The van der Waals surface area contributed by atoms with Crippen LogP contribution in [0.15, 0.2) is 0 Å². The van der Waals surface area contributed by atoms with Crippen molar-refractivity contribution in [2.24, 2.45) is 23.7 Å². The number of hydrogen-bond donors (Lipinski definition) is 2. The molecule has 4 nitrogen and oxygen atoms in total. The summed E-state index contributed by atoms with van der Waals surface area (Å²) in [5.41, 5.74) is 0. The van der Waals surface area contributed by atoms with E-state index in [1.54, 1.807) is 0 Å². The largest absolute Gasteiger partial charge is 0.481 e. The quantitative estimate of drug-likeness (QED) is 0.0595. The van der Waals surface area contributed by atoms with Crippen LogP contribution in [0.5, 0.6) is 0 Å². The lowest BCUT2D eigenvalue weighted by Gasteiger charge is -2.19. The number of ketones is 1. The van der Waals surface area contributed by atoms with Gasteiger partial charge in [-0.05, 0) is 43.9 Å². The fourth-order valence-electron chi connectivity index (χ4n) is 14.6. The first kappa shape index (κ1) is 83.1. The summed E-state index contributed by atoms with van der Waals surface area (Å²) < 4.78 is 0. The van der Waals surface area contributed by atoms with E-state index in [0.29, 0.717) is 18.6 Å². The summed E-state index contributed by atoms with van der Waals surface area (Å²) in [7, 11) is 0. The number of carboxylic acids is 1. The maximum absolute atomic E-state index is 12.7. The Morgan fingerprint density at radius 3 is 0.756 bits per heavy atom. The van der Waals surface area contributed by atoms with Gasteiger partial charge >= 0.3 is 5.97 Å². The van der Waals surface area contributed by atoms with Crippen LogP contribution < -0.4 is 0 Å². The van der Waals surface area contributed by atoms with Gasteiger partial charge in [-0.1, -0.05) is 445 Å². The highest BCUT2D eigenvalue weighted by molar-refractivity contribution is 5.80. The van der Waals surface area contributed by atoms with Crippen LogP contribution in [0, 0.1) is 23.7 Å². The van der Waals surface area contributed by atoms with Crippen molar-refractivity contribution in [3.05, 3.63) is 0 Å². The Morgan fingerprint density at radius 2 is 0.500 bits per heavy atom. The summed E-state index contributed by atoms with van der Waals surface area (Å²) in [6.45, 7) is 6.79. The summed E-state index contributed by atoms with van der Waals surface area (Å²) >= 11 is 0. The highest BCUT2D eigenvalue weighted by Crippen LogP contribution is 2.46. The number of hydrogen-bond acceptors (Lipinski definition) is 3. The van der Waals surface area contributed by atoms with E-state index in [1.807, 2.05) is 0 Å². The molecule has 2 N–H and O–H groups in total. The Balaban J connectivity index is 1.75. The molecule has 0 aromatic rings. The minimum absolute atomic E-state index is 0.281. The van der Waals surface area contributed by atoms with Gasteiger partial charge in [-0.25, -0.2) is 0 Å². The Hall–Kier alpha value is -0.900. The maximum atomic E-state index is 12.7. The van der Waals surface area contributed by atoms with E-state index >= 15 is 0 Å². The second-order valence-corrected chi connectivity index (χ2v) is 29.6. The zero-order chi connectivity index (χ0) is 62.0. The molecule has 0 aliphatic heterocycles. The number of aliphatic carboxylic acids is 1. The van der Waals surface area contributed by atoms with Crippen LogP contribution >= 0.6 is 0 Å². The van der Waals surface area contributed by atoms with Crippen molar-refractivity contribution in [1.29, 1.82) is 0 Å². The minimum atomic E-state index is -0.800. The van der Waals surface area contributed by atoms with Gasteiger partial charge in [0.15, 0.2) is 0 Å². The predicted octanol–water partition coefficient (Wildman–Crippen LogP) is 28.6. The monoisotopic (exact) mass is 1210 g/mol. The van der Waals surface area contributed by atoms with Crippen molar-refractivity contribution in [3.8, 4) is 0 Å². The average molecular weight is 1210 g/mol. The van der Waals surface area contributed by atoms with Crippen LogP contribution in [0.1, 0.15) is 483 Å². The molecule has 0 saturated heterocycles. The normalized spacial score (nSPS) is 15.2. The van der Waals surface area contributed by atoms with Crippen LogP contribution in [-0.2, 0) is 9.59 Å². The van der Waals surface area contributed by atoms with Crippen LogP contribution in [0.4, 0.5) is 0 Å². The van der Waals surface area contributed by atoms with Crippen molar-refractivity contribution in [3.63, 3.8) is 0 Å². The van der Waals surface area contributed by atoms with E-state index in [1.165, 1.54) is 405 Å². The van der Waals surface area contributed by atoms with E-state index in [9.17, 15) is 19.8 Å². The maximum Gasteiger partial charge on any atom is 0.309 e. The topological polar surface area (TPSA) is 74.6 Å². The summed E-state index contributed by atoms with van der Waals surface area (Å²) in [5.74, 6) is 1.59. The van der Waals surface area contributed by atoms with E-state index in [-0.39, 0.29) is 5.92 Å². The standard InChI is InChI=1S/C82H160O4/c1-4-6-8-10-12-14-16-18-20-22-23-24-25-29-36-42-48-54-60-66-72-79(82(85)86)81(84)74-68-62-56-50-44-38-30-26-28-34-40-46-52-58-64-70-77-75-78(77)71-65-59-53-47-41-35-31-32-37-43-49-55-61-67-73-80(83)76(3)69-63-57-51-45-39-33-27-21-19-17-15-13-11-9-7-5-2/h76-79,81,84H,4-75H2,1-3H3,(H,85,86)/t76-,77?,78?,79+,81+/m0/s1. The highest BCUT2D eigenvalue weighted by atomic mass is 16.4. The molecular formula is C82H160O4. The second-order valence-electron chi connectivity index (χ2n) is 29.6. The molecule has 512 valence electrons. The molecule has 1 fully saturated rings. The van der Waals surface area contributed by atoms with Gasteiger partial charge < -0.3 is 10.2 Å². The highest BCUT2D eigenvalue weighted by Gasteiger charge is 2.35. The molecule has 0 bridgehead atoms. The van der Waals surface area contributed by atoms with Gasteiger partial charge in [-0.15, -0.1) is 0 Å². The molecular weight excluding hydrogens is 1050 g/mol. The van der Waals surface area contributed by atoms with Gasteiger partial charge in [0, 0.05) is 12.3 Å². The molecule has 0 spiro atoms. The Labute approximate surface area is 541 Å². The molecule has 1 saturated carbocycles. The van der Waals surface area contributed by atoms with Crippen LogP contribution in [0.2, 0.25) is 0 Å². The molecule has 0 aromatic carbocycles. The lowest BCUT2D eigenvalue weighted by molar-refractivity contribution is -0.146. The van der Waals surface area contributed by atoms with Crippen LogP contribution in [0.3, 0.4) is 0 Å². The third-order valence-corrected chi connectivity index (χ3v) is 21.1. The van der Waals surface area contributed by atoms with Crippen molar-refractivity contribution in [1.82, 2.24) is 0 Å². The van der Waals surface area contributed by atoms with Gasteiger partial charge in [-0.3, -0.25) is 9.59 Å². The SMILES string of the molecule is CCCCCCCCCCCCCCCCCCCCCC[C@@H](C(=O)O)[C@H](O)CCCCCCCCCCCCCCCCCC1CC1CCCCCCCCCCCCCCCCC(=O)[C@@H](C)CCCCCCCCCCCCCCCCCC. The molecule has 1 aliphatic rings. The molecule has 0 aromatic heterocycles. The number of unbranched alkanes of at least 4 members (excludes halogenated alkanes) is 61. The Kier molecular flexibility index (Phi) is 66.2. The van der Waals surface area contributed by atoms with Gasteiger partial charge in [-0.2, -0.15) is 0 Å². The first-order valence-corrected chi connectivity index (χ1v) is 40.8. The Morgan fingerprint density at radius 1 is 0.291 bits per heavy atom. The first-order chi connectivity index (χ1) is 42.4. The van der Waals surface area contributed by atoms with Crippen LogP contribution in [0.25, 0.3) is 0 Å². The van der Waals surface area contributed by atoms with E-state index in [4.69, 9.17) is 0 Å². The summed E-state index contributed by atoms with van der Waals surface area (Å²) in [5, 5.41) is 20.5. The molecule has 0 amide bonds. The fourth-order valence-corrected chi connectivity index (χ4v) is 14.6. The lowest BCUT2D eigenvalue weighted by atomic mass is 9.91. The summed E-state index contributed by atoms with van der Waals surface area (Å²) in [6, 6.07) is 0. The number of Topliss-reactive ketones (excluding diaryl/α,β-unsaturated/α-hetero) is 1. The van der Waals surface area contributed by atoms with Gasteiger partial charge in [0.25, 0.3) is 0 Å². The predicted molar refractivity (Wildman–Crippen MR) is 382 cm³/mol. The average Bonchev–Trinajstić information content (AvgIpc) is 4.49. The van der Waals surface area contributed by atoms with Crippen molar-refractivity contribution in [2.45, 2.75) is 489 Å². The third kappa shape index (κ3) is 60.7. The summed E-state index contributed by atoms with van der Waals surface area (Å²) in [4.78, 5) is 24.6. The second kappa shape index (κ2) is 68.5. The first-order valence-electron chi connectivity index (χ1n) is 40.8. The van der Waals surface area contributed by atoms with E-state index in [0.717, 1.165) is 56.8 Å². The zero-order valence-electron chi connectivity index (χ0n) is 59.5. The van der Waals surface area contributed by atoms with Gasteiger partial charge in [0.2, 0.25) is 0 Å². The van der Waals surface area contributed by atoms with Gasteiger partial charge in [0.1, 0.15) is 5.78 Å². The molecule has 2 unspecified atom stereocenters. The molecule has 1 aliphatic carbocycles. The molecule has 5 atom stereocenters. The summed E-state index contributed by atoms with van der Waals surface area (Å²) in [6.07, 6.45) is 96.5. The fraction of sp³-hybridized carbons (Fsp3) is 0.976. The zero-order valence-corrected chi connectivity index (χ0v) is 59.5. The molecule has 4 heteroatoms. The third-order valence-electron chi connectivity index (χ3n) is 21.1. The van der Waals surface area contributed by atoms with Crippen molar-refractivity contribution >= 4 is 11.8 Å². The Bertz CT molecular complexity index is 1330. The number of carboxylic acid groups (broad SMARTS) is 1. The molecule has 0 heterocycles. The number of rotatable bonds is 76. The molecule has 1 rings (SSSR count). The lowest BCUT2D eigenvalue weighted by Crippen LogP contribution is -2.28. The van der Waals surface area contributed by atoms with E-state index in [2.05, 4.69) is 20.8 Å². The molecule has 86 heavy (non-hydrogen) atoms. The van der Waals surface area contributed by atoms with Crippen LogP contribution in [-0.4, -0.2) is 28.1 Å². The van der Waals surface area contributed by atoms with Crippen molar-refractivity contribution < 1.29 is 19.8 Å². The smallest absolute Gasteiger partial charge is 0.309 e. The number of aliphatic hydroxyl groups excluding tert-OH is 1. The number of aliphatic hydroxyl groups is 1. The van der Waals surface area contributed by atoms with Crippen molar-refractivity contribution in [2.75, 3.05) is 0 Å². The minimum Gasteiger partial charge on any atom is -0.481 e.